The zero-order valence-electron chi connectivity index (χ0n) is 11.6. The highest BCUT2D eigenvalue weighted by Gasteiger charge is 2.15. The molecule has 0 amide bonds. The van der Waals surface area contributed by atoms with Crippen molar-refractivity contribution in [2.24, 2.45) is 0 Å². The monoisotopic (exact) mass is 348 g/mol. The standard InChI is InChI=1S/C17H17BrOS/c1-12-6-8-16(9-7-12)20-17(10-13(2)19)14-4-3-5-15(18)11-14/h3-9,11,17H,10H2,1-2H3. The minimum Gasteiger partial charge on any atom is -0.300 e. The Morgan fingerprint density at radius 3 is 2.50 bits per heavy atom. The van der Waals surface area contributed by atoms with Crippen LogP contribution in [0.5, 0.6) is 0 Å². The molecule has 2 aromatic rings. The summed E-state index contributed by atoms with van der Waals surface area (Å²) in [6.07, 6.45) is 0.551. The van der Waals surface area contributed by atoms with Crippen molar-refractivity contribution in [1.29, 1.82) is 0 Å². The number of rotatable bonds is 5. The molecule has 3 heteroatoms. The molecule has 104 valence electrons. The van der Waals surface area contributed by atoms with Crippen LogP contribution in [0.25, 0.3) is 0 Å². The molecular formula is C17H17BrOS. The molecule has 0 spiro atoms. The fourth-order valence-corrected chi connectivity index (χ4v) is 3.62. The van der Waals surface area contributed by atoms with Crippen LogP contribution < -0.4 is 0 Å². The maximum atomic E-state index is 11.5. The van der Waals surface area contributed by atoms with Gasteiger partial charge in [0.1, 0.15) is 5.78 Å². The largest absolute Gasteiger partial charge is 0.300 e. The van der Waals surface area contributed by atoms with E-state index < -0.39 is 0 Å². The Morgan fingerprint density at radius 1 is 1.20 bits per heavy atom. The Labute approximate surface area is 132 Å². The van der Waals surface area contributed by atoms with Gasteiger partial charge in [0.15, 0.2) is 0 Å². The molecule has 0 saturated heterocycles. The normalized spacial score (nSPS) is 12.2. The van der Waals surface area contributed by atoms with E-state index in [0.717, 1.165) is 4.47 Å². The molecule has 0 aromatic heterocycles. The van der Waals surface area contributed by atoms with Crippen LogP contribution in [-0.4, -0.2) is 5.78 Å². The summed E-state index contributed by atoms with van der Waals surface area (Å²) in [5.74, 6) is 0.217. The maximum Gasteiger partial charge on any atom is 0.131 e. The predicted octanol–water partition coefficient (Wildman–Crippen LogP) is 5.57. The first-order valence-corrected chi connectivity index (χ1v) is 8.20. The number of hydrogen-bond donors (Lipinski definition) is 0. The Balaban J connectivity index is 2.23. The van der Waals surface area contributed by atoms with Crippen molar-refractivity contribution in [3.8, 4) is 0 Å². The Morgan fingerprint density at radius 2 is 1.90 bits per heavy atom. The zero-order chi connectivity index (χ0) is 14.5. The van der Waals surface area contributed by atoms with Crippen LogP contribution in [0.15, 0.2) is 57.9 Å². The predicted molar refractivity (Wildman–Crippen MR) is 89.2 cm³/mol. The highest BCUT2D eigenvalue weighted by Crippen LogP contribution is 2.38. The average Bonchev–Trinajstić information content (AvgIpc) is 2.40. The molecule has 2 rings (SSSR count). The number of carbonyl (C=O) groups is 1. The molecule has 0 bridgehead atoms. The number of halogens is 1. The molecule has 1 nitrogen and oxygen atoms in total. The number of carbonyl (C=O) groups excluding carboxylic acids is 1. The van der Waals surface area contributed by atoms with Crippen molar-refractivity contribution >= 4 is 33.5 Å². The van der Waals surface area contributed by atoms with E-state index in [2.05, 4.69) is 59.3 Å². The van der Waals surface area contributed by atoms with Crippen LogP contribution in [0.4, 0.5) is 0 Å². The average molecular weight is 349 g/mol. The van der Waals surface area contributed by atoms with Gasteiger partial charge in [-0.3, -0.25) is 4.79 Å². The van der Waals surface area contributed by atoms with Crippen LogP contribution in [0, 0.1) is 6.92 Å². The third-order valence-electron chi connectivity index (χ3n) is 2.99. The van der Waals surface area contributed by atoms with Gasteiger partial charge in [-0.2, -0.15) is 0 Å². The third-order valence-corrected chi connectivity index (χ3v) is 4.75. The fourth-order valence-electron chi connectivity index (χ4n) is 1.98. The van der Waals surface area contributed by atoms with E-state index in [9.17, 15) is 4.79 Å². The third kappa shape index (κ3) is 4.50. The van der Waals surface area contributed by atoms with Gasteiger partial charge in [0.05, 0.1) is 0 Å². The van der Waals surface area contributed by atoms with Crippen LogP contribution in [0.2, 0.25) is 0 Å². The second-order valence-corrected chi connectivity index (χ2v) is 7.07. The fraction of sp³-hybridized carbons (Fsp3) is 0.235. The SMILES string of the molecule is CC(=O)CC(Sc1ccc(C)cc1)c1cccc(Br)c1. The molecule has 1 atom stereocenters. The van der Waals surface area contributed by atoms with Crippen molar-refractivity contribution in [3.63, 3.8) is 0 Å². The topological polar surface area (TPSA) is 17.1 Å². The van der Waals surface area contributed by atoms with Crippen molar-refractivity contribution in [2.45, 2.75) is 30.4 Å². The second-order valence-electron chi connectivity index (χ2n) is 4.88. The van der Waals surface area contributed by atoms with Crippen molar-refractivity contribution < 1.29 is 4.79 Å². The molecule has 0 saturated carbocycles. The lowest BCUT2D eigenvalue weighted by molar-refractivity contribution is -0.117. The first-order chi connectivity index (χ1) is 9.54. The van der Waals surface area contributed by atoms with Gasteiger partial charge < -0.3 is 0 Å². The molecule has 0 radical (unpaired) electrons. The molecule has 2 aromatic carbocycles. The van der Waals surface area contributed by atoms with E-state index in [1.165, 1.54) is 16.0 Å². The molecule has 0 aliphatic rings. The summed E-state index contributed by atoms with van der Waals surface area (Å²) in [5, 5.41) is 0.160. The minimum absolute atomic E-state index is 0.160. The molecular weight excluding hydrogens is 332 g/mol. The lowest BCUT2D eigenvalue weighted by Gasteiger charge is -2.16. The summed E-state index contributed by atoms with van der Waals surface area (Å²) in [6.45, 7) is 3.73. The molecule has 0 N–H and O–H groups in total. The minimum atomic E-state index is 0.160. The summed E-state index contributed by atoms with van der Waals surface area (Å²) in [7, 11) is 0. The van der Waals surface area contributed by atoms with E-state index in [1.54, 1.807) is 18.7 Å². The summed E-state index contributed by atoms with van der Waals surface area (Å²) in [6, 6.07) is 16.6. The number of hydrogen-bond acceptors (Lipinski definition) is 2. The highest BCUT2D eigenvalue weighted by molar-refractivity contribution is 9.10. The molecule has 20 heavy (non-hydrogen) atoms. The number of Topliss-reactive ketones (excluding diaryl/α,β-unsaturated/α-hetero) is 1. The molecule has 0 aliphatic carbocycles. The van der Waals surface area contributed by atoms with Crippen molar-refractivity contribution in [2.75, 3.05) is 0 Å². The lowest BCUT2D eigenvalue weighted by Crippen LogP contribution is -2.01. The zero-order valence-corrected chi connectivity index (χ0v) is 14.0. The Kier molecular flexibility index (Phi) is 5.44. The van der Waals surface area contributed by atoms with Gasteiger partial charge in [-0.05, 0) is 43.7 Å². The van der Waals surface area contributed by atoms with Crippen molar-refractivity contribution in [1.82, 2.24) is 0 Å². The van der Waals surface area contributed by atoms with E-state index in [0.29, 0.717) is 6.42 Å². The van der Waals surface area contributed by atoms with Crippen LogP contribution >= 0.6 is 27.7 Å². The second kappa shape index (κ2) is 7.09. The van der Waals surface area contributed by atoms with Gasteiger partial charge in [-0.15, -0.1) is 11.8 Å². The summed E-state index contributed by atoms with van der Waals surface area (Å²) >= 11 is 5.24. The Hall–Kier alpha value is -1.06. The van der Waals surface area contributed by atoms with Gasteiger partial charge in [-0.25, -0.2) is 0 Å². The van der Waals surface area contributed by atoms with Gasteiger partial charge in [0, 0.05) is 21.0 Å². The van der Waals surface area contributed by atoms with Gasteiger partial charge >= 0.3 is 0 Å². The number of thioether (sulfide) groups is 1. The highest BCUT2D eigenvalue weighted by atomic mass is 79.9. The summed E-state index contributed by atoms with van der Waals surface area (Å²) in [5.41, 5.74) is 2.43. The van der Waals surface area contributed by atoms with Crippen molar-refractivity contribution in [3.05, 3.63) is 64.1 Å². The number of benzene rings is 2. The maximum absolute atomic E-state index is 11.5. The summed E-state index contributed by atoms with van der Waals surface area (Å²) in [4.78, 5) is 12.7. The molecule has 0 heterocycles. The Bertz CT molecular complexity index is 592. The molecule has 0 aliphatic heterocycles. The van der Waals surface area contributed by atoms with Crippen LogP contribution in [-0.2, 0) is 4.79 Å². The first-order valence-electron chi connectivity index (χ1n) is 6.53. The van der Waals surface area contributed by atoms with Gasteiger partial charge in [-0.1, -0.05) is 45.8 Å². The van der Waals surface area contributed by atoms with Crippen LogP contribution in [0.1, 0.15) is 29.7 Å². The molecule has 1 unspecified atom stereocenters. The van der Waals surface area contributed by atoms with Gasteiger partial charge in [0.2, 0.25) is 0 Å². The number of ketones is 1. The van der Waals surface area contributed by atoms with E-state index in [-0.39, 0.29) is 11.0 Å². The van der Waals surface area contributed by atoms with Gasteiger partial charge in [0.25, 0.3) is 0 Å². The quantitative estimate of drug-likeness (QED) is 0.657. The van der Waals surface area contributed by atoms with Crippen LogP contribution in [0.3, 0.4) is 0 Å². The van der Waals surface area contributed by atoms with E-state index in [1.807, 2.05) is 12.1 Å². The first kappa shape index (κ1) is 15.3. The smallest absolute Gasteiger partial charge is 0.131 e. The summed E-state index contributed by atoms with van der Waals surface area (Å²) < 4.78 is 1.05. The molecule has 0 fully saturated rings. The van der Waals surface area contributed by atoms with E-state index in [4.69, 9.17) is 0 Å². The lowest BCUT2D eigenvalue weighted by atomic mass is 10.1. The number of aryl methyl sites for hydroxylation is 1. The van der Waals surface area contributed by atoms with E-state index >= 15 is 0 Å².